The highest BCUT2D eigenvalue weighted by atomic mass is 19.1. The van der Waals surface area contributed by atoms with Crippen LogP contribution in [0.2, 0.25) is 0 Å². The standard InChI is InChI=1S/C17H18F2N2O/c1-21(12-13-6-8-14(18)9-7-13)11-10-17(22)20-16-5-3-2-4-15(16)19/h2-9H,10-12H2,1H3,(H,20,22). The number of anilines is 1. The van der Waals surface area contributed by atoms with E-state index in [1.54, 1.807) is 24.3 Å². The van der Waals surface area contributed by atoms with Crippen LogP contribution in [0.3, 0.4) is 0 Å². The Bertz CT molecular complexity index is 629. The fraction of sp³-hybridized carbons (Fsp3) is 0.235. The van der Waals surface area contributed by atoms with Gasteiger partial charge in [0.1, 0.15) is 11.6 Å². The molecule has 3 nitrogen and oxygen atoms in total. The van der Waals surface area contributed by atoms with E-state index in [0.717, 1.165) is 5.56 Å². The van der Waals surface area contributed by atoms with Gasteiger partial charge in [0.25, 0.3) is 0 Å². The van der Waals surface area contributed by atoms with Crippen molar-refractivity contribution in [2.45, 2.75) is 13.0 Å². The first-order valence-corrected chi connectivity index (χ1v) is 7.02. The van der Waals surface area contributed by atoms with Gasteiger partial charge in [-0.15, -0.1) is 0 Å². The van der Waals surface area contributed by atoms with Crippen LogP contribution in [0.15, 0.2) is 48.5 Å². The minimum atomic E-state index is -0.449. The molecule has 0 aliphatic carbocycles. The molecule has 2 rings (SSSR count). The van der Waals surface area contributed by atoms with Crippen LogP contribution in [0.5, 0.6) is 0 Å². The number of hydrogen-bond donors (Lipinski definition) is 1. The Kier molecular flexibility index (Phi) is 5.61. The van der Waals surface area contributed by atoms with Gasteiger partial charge in [0.15, 0.2) is 0 Å². The number of halogens is 2. The van der Waals surface area contributed by atoms with E-state index in [-0.39, 0.29) is 23.8 Å². The van der Waals surface area contributed by atoms with Crippen molar-refractivity contribution >= 4 is 11.6 Å². The molecule has 0 unspecified atom stereocenters. The highest BCUT2D eigenvalue weighted by Crippen LogP contribution is 2.12. The molecule has 22 heavy (non-hydrogen) atoms. The van der Waals surface area contributed by atoms with Crippen LogP contribution in [0.1, 0.15) is 12.0 Å². The lowest BCUT2D eigenvalue weighted by Crippen LogP contribution is -2.24. The third kappa shape index (κ3) is 4.93. The molecule has 2 aromatic rings. The molecule has 1 amide bonds. The van der Waals surface area contributed by atoms with Crippen molar-refractivity contribution in [1.29, 1.82) is 0 Å². The largest absolute Gasteiger partial charge is 0.324 e. The minimum Gasteiger partial charge on any atom is -0.324 e. The molecular formula is C17H18F2N2O. The van der Waals surface area contributed by atoms with Crippen LogP contribution < -0.4 is 5.32 Å². The van der Waals surface area contributed by atoms with Crippen LogP contribution >= 0.6 is 0 Å². The lowest BCUT2D eigenvalue weighted by molar-refractivity contribution is -0.116. The van der Waals surface area contributed by atoms with Crippen molar-refractivity contribution < 1.29 is 13.6 Å². The van der Waals surface area contributed by atoms with Crippen LogP contribution in [-0.4, -0.2) is 24.4 Å². The molecule has 5 heteroatoms. The predicted molar refractivity (Wildman–Crippen MR) is 82.4 cm³/mol. The summed E-state index contributed by atoms with van der Waals surface area (Å²) < 4.78 is 26.2. The topological polar surface area (TPSA) is 32.3 Å². The van der Waals surface area contributed by atoms with Crippen molar-refractivity contribution in [3.05, 3.63) is 65.7 Å². The van der Waals surface area contributed by atoms with Gasteiger partial charge in [0.05, 0.1) is 5.69 Å². The molecule has 0 saturated heterocycles. The van der Waals surface area contributed by atoms with E-state index in [1.165, 1.54) is 24.3 Å². The number of carbonyl (C=O) groups excluding carboxylic acids is 1. The predicted octanol–water partition coefficient (Wildman–Crippen LogP) is 3.43. The second-order valence-electron chi connectivity index (χ2n) is 5.14. The number of rotatable bonds is 6. The number of amides is 1. The fourth-order valence-corrected chi connectivity index (χ4v) is 2.05. The molecule has 2 aromatic carbocycles. The van der Waals surface area contributed by atoms with E-state index < -0.39 is 5.82 Å². The number of benzene rings is 2. The summed E-state index contributed by atoms with van der Waals surface area (Å²) in [6.45, 7) is 1.14. The van der Waals surface area contributed by atoms with E-state index in [0.29, 0.717) is 13.1 Å². The Morgan fingerprint density at radius 2 is 1.77 bits per heavy atom. The van der Waals surface area contributed by atoms with E-state index in [4.69, 9.17) is 0 Å². The zero-order valence-corrected chi connectivity index (χ0v) is 12.4. The summed E-state index contributed by atoms with van der Waals surface area (Å²) in [4.78, 5) is 13.8. The number of nitrogens with one attached hydrogen (secondary N) is 1. The lowest BCUT2D eigenvalue weighted by Gasteiger charge is -2.16. The van der Waals surface area contributed by atoms with Crippen LogP contribution in [0.4, 0.5) is 14.5 Å². The van der Waals surface area contributed by atoms with Gasteiger partial charge in [-0.2, -0.15) is 0 Å². The van der Waals surface area contributed by atoms with Crippen molar-refractivity contribution in [3.8, 4) is 0 Å². The number of carbonyl (C=O) groups is 1. The molecule has 1 N–H and O–H groups in total. The van der Waals surface area contributed by atoms with Crippen molar-refractivity contribution in [3.63, 3.8) is 0 Å². The monoisotopic (exact) mass is 304 g/mol. The first kappa shape index (κ1) is 16.1. The summed E-state index contributed by atoms with van der Waals surface area (Å²) in [7, 11) is 1.87. The van der Waals surface area contributed by atoms with Gasteiger partial charge < -0.3 is 10.2 Å². The minimum absolute atomic E-state index is 0.189. The summed E-state index contributed by atoms with van der Waals surface area (Å²) in [6, 6.07) is 12.3. The Morgan fingerprint density at radius 1 is 1.09 bits per heavy atom. The highest BCUT2D eigenvalue weighted by Gasteiger charge is 2.08. The third-order valence-corrected chi connectivity index (χ3v) is 3.23. The number of hydrogen-bond acceptors (Lipinski definition) is 2. The fourth-order valence-electron chi connectivity index (χ4n) is 2.05. The van der Waals surface area contributed by atoms with Gasteiger partial charge in [0, 0.05) is 19.5 Å². The Labute approximate surface area is 128 Å². The maximum Gasteiger partial charge on any atom is 0.225 e. The molecule has 0 spiro atoms. The van der Waals surface area contributed by atoms with Crippen molar-refractivity contribution in [1.82, 2.24) is 4.90 Å². The first-order chi connectivity index (χ1) is 10.5. The lowest BCUT2D eigenvalue weighted by atomic mass is 10.2. The van der Waals surface area contributed by atoms with Crippen molar-refractivity contribution in [2.75, 3.05) is 18.9 Å². The third-order valence-electron chi connectivity index (χ3n) is 3.23. The van der Waals surface area contributed by atoms with Gasteiger partial charge >= 0.3 is 0 Å². The maximum absolute atomic E-state index is 13.4. The second-order valence-corrected chi connectivity index (χ2v) is 5.14. The quantitative estimate of drug-likeness (QED) is 0.887. The smallest absolute Gasteiger partial charge is 0.225 e. The van der Waals surface area contributed by atoms with Gasteiger partial charge in [0.2, 0.25) is 5.91 Å². The van der Waals surface area contributed by atoms with E-state index in [1.807, 2.05) is 11.9 Å². The average Bonchev–Trinajstić information content (AvgIpc) is 2.50. The number of para-hydroxylation sites is 1. The molecule has 0 aliphatic heterocycles. The Hall–Kier alpha value is -2.27. The van der Waals surface area contributed by atoms with Gasteiger partial charge in [-0.05, 0) is 36.9 Å². The zero-order chi connectivity index (χ0) is 15.9. The maximum atomic E-state index is 13.4. The molecule has 0 saturated carbocycles. The molecule has 0 aliphatic rings. The second kappa shape index (κ2) is 7.66. The molecule has 0 atom stereocenters. The summed E-state index contributed by atoms with van der Waals surface area (Å²) in [5.74, 6) is -0.956. The van der Waals surface area contributed by atoms with E-state index >= 15 is 0 Å². The highest BCUT2D eigenvalue weighted by molar-refractivity contribution is 5.90. The van der Waals surface area contributed by atoms with Gasteiger partial charge in [-0.1, -0.05) is 24.3 Å². The van der Waals surface area contributed by atoms with Gasteiger partial charge in [-0.25, -0.2) is 8.78 Å². The Balaban J connectivity index is 1.78. The van der Waals surface area contributed by atoms with Crippen LogP contribution in [0.25, 0.3) is 0 Å². The summed E-state index contributed by atoms with van der Waals surface area (Å²) in [6.07, 6.45) is 0.256. The van der Waals surface area contributed by atoms with Gasteiger partial charge in [-0.3, -0.25) is 4.79 Å². The molecule has 0 radical (unpaired) electrons. The molecule has 0 heterocycles. The molecule has 0 aromatic heterocycles. The number of nitrogens with zero attached hydrogens (tertiary/aromatic N) is 1. The molecule has 116 valence electrons. The zero-order valence-electron chi connectivity index (χ0n) is 12.4. The summed E-state index contributed by atoms with van der Waals surface area (Å²) in [5, 5.41) is 2.55. The summed E-state index contributed by atoms with van der Waals surface area (Å²) in [5.41, 5.74) is 1.16. The molecule has 0 bridgehead atoms. The van der Waals surface area contributed by atoms with Crippen LogP contribution in [0, 0.1) is 11.6 Å². The average molecular weight is 304 g/mol. The first-order valence-electron chi connectivity index (χ1n) is 7.02. The summed E-state index contributed by atoms with van der Waals surface area (Å²) >= 11 is 0. The van der Waals surface area contributed by atoms with Crippen LogP contribution in [-0.2, 0) is 11.3 Å². The Morgan fingerprint density at radius 3 is 2.45 bits per heavy atom. The normalized spacial score (nSPS) is 10.7. The SMILES string of the molecule is CN(CCC(=O)Nc1ccccc1F)Cc1ccc(F)cc1. The van der Waals surface area contributed by atoms with Crippen molar-refractivity contribution in [2.24, 2.45) is 0 Å². The molecule has 0 fully saturated rings. The van der Waals surface area contributed by atoms with E-state index in [2.05, 4.69) is 5.32 Å². The molecular weight excluding hydrogens is 286 g/mol. The van der Waals surface area contributed by atoms with E-state index in [9.17, 15) is 13.6 Å².